The Morgan fingerprint density at radius 1 is 1.37 bits per heavy atom. The fraction of sp³-hybridized carbons (Fsp3) is 0.529. The van der Waals surface area contributed by atoms with E-state index in [0.29, 0.717) is 48.5 Å². The highest BCUT2D eigenvalue weighted by molar-refractivity contribution is 5.92. The van der Waals surface area contributed by atoms with Crippen molar-refractivity contribution >= 4 is 5.91 Å². The van der Waals surface area contributed by atoms with Gasteiger partial charge in [0.1, 0.15) is 5.69 Å². The van der Waals surface area contributed by atoms with Gasteiger partial charge >= 0.3 is 0 Å². The van der Waals surface area contributed by atoms with Crippen LogP contribution in [0.3, 0.4) is 0 Å². The monoisotopic (exact) mass is 368 g/mol. The number of likely N-dealkylation sites (tertiary alicyclic amines) is 1. The van der Waals surface area contributed by atoms with Crippen LogP contribution in [0.4, 0.5) is 0 Å². The number of nitrogens with zero attached hydrogens (tertiary/aromatic N) is 7. The van der Waals surface area contributed by atoms with Crippen LogP contribution < -0.4 is 0 Å². The van der Waals surface area contributed by atoms with Crippen molar-refractivity contribution in [3.05, 3.63) is 29.5 Å². The van der Waals surface area contributed by atoms with Crippen LogP contribution in [0.2, 0.25) is 0 Å². The van der Waals surface area contributed by atoms with Crippen LogP contribution in [0.5, 0.6) is 0 Å². The second-order valence-corrected chi connectivity index (χ2v) is 7.13. The molecule has 10 heteroatoms. The summed E-state index contributed by atoms with van der Waals surface area (Å²) >= 11 is 0. The van der Waals surface area contributed by atoms with Gasteiger partial charge in [-0.15, -0.1) is 5.10 Å². The maximum absolute atomic E-state index is 12.7. The Morgan fingerprint density at radius 2 is 2.26 bits per heavy atom. The highest BCUT2D eigenvalue weighted by Gasteiger charge is 2.32. The number of rotatable bonds is 5. The Morgan fingerprint density at radius 3 is 3.04 bits per heavy atom. The van der Waals surface area contributed by atoms with Crippen LogP contribution in [0, 0.1) is 0 Å². The molecule has 2 aliphatic rings. The van der Waals surface area contributed by atoms with Gasteiger partial charge < -0.3 is 9.42 Å². The maximum Gasteiger partial charge on any atom is 0.280 e. The molecule has 0 spiro atoms. The standard InChI is InChI=1S/C17H20N8O2/c1-2-15-18-16(27-22-15)14-9-25(23-21-14)11-5-6-24(8-11)17(26)13-7-12(19-20-13)10-3-4-10/h7,9-11H,2-6,8H2,1H3,(H,19,20)/t11-/m0/s1. The lowest BCUT2D eigenvalue weighted by molar-refractivity contribution is 0.0781. The molecule has 1 aliphatic heterocycles. The van der Waals surface area contributed by atoms with Crippen LogP contribution >= 0.6 is 0 Å². The van der Waals surface area contributed by atoms with E-state index in [1.807, 2.05) is 17.9 Å². The van der Waals surface area contributed by atoms with E-state index in [0.717, 1.165) is 12.1 Å². The SMILES string of the molecule is CCc1noc(-c2cn([C@H]3CCN(C(=O)c4cc(C5CC5)[nH]n4)C3)nn2)n1. The first-order valence-electron chi connectivity index (χ1n) is 9.30. The zero-order chi connectivity index (χ0) is 18.4. The molecule has 1 atom stereocenters. The van der Waals surface area contributed by atoms with Crippen LogP contribution in [-0.4, -0.2) is 59.2 Å². The molecule has 3 aromatic heterocycles. The quantitative estimate of drug-likeness (QED) is 0.726. The summed E-state index contributed by atoms with van der Waals surface area (Å²) in [5.41, 5.74) is 2.11. The van der Waals surface area contributed by atoms with Crippen molar-refractivity contribution in [3.63, 3.8) is 0 Å². The van der Waals surface area contributed by atoms with Gasteiger partial charge in [0.05, 0.1) is 12.2 Å². The molecule has 0 bridgehead atoms. The summed E-state index contributed by atoms with van der Waals surface area (Å²) in [5.74, 6) is 1.53. The summed E-state index contributed by atoms with van der Waals surface area (Å²) in [6.45, 7) is 3.21. The minimum absolute atomic E-state index is 0.0366. The molecule has 1 amide bonds. The number of H-pyrrole nitrogens is 1. The highest BCUT2D eigenvalue weighted by atomic mass is 16.5. The Bertz CT molecular complexity index is 969. The molecule has 0 radical (unpaired) electrons. The first-order chi connectivity index (χ1) is 13.2. The largest absolute Gasteiger partial charge is 0.335 e. The van der Waals surface area contributed by atoms with Gasteiger partial charge in [0.15, 0.2) is 11.5 Å². The number of nitrogens with one attached hydrogen (secondary N) is 1. The lowest BCUT2D eigenvalue weighted by atomic mass is 10.2. The molecule has 27 heavy (non-hydrogen) atoms. The van der Waals surface area contributed by atoms with Crippen molar-refractivity contribution in [1.29, 1.82) is 0 Å². The minimum Gasteiger partial charge on any atom is -0.335 e. The van der Waals surface area contributed by atoms with Gasteiger partial charge in [0.2, 0.25) is 0 Å². The summed E-state index contributed by atoms with van der Waals surface area (Å²) < 4.78 is 6.98. The summed E-state index contributed by atoms with van der Waals surface area (Å²) in [6, 6.07) is 1.97. The summed E-state index contributed by atoms with van der Waals surface area (Å²) in [4.78, 5) is 18.8. The lowest BCUT2D eigenvalue weighted by Crippen LogP contribution is -2.29. The van der Waals surface area contributed by atoms with E-state index in [-0.39, 0.29) is 11.9 Å². The minimum atomic E-state index is -0.0366. The first kappa shape index (κ1) is 16.2. The van der Waals surface area contributed by atoms with Gasteiger partial charge in [-0.05, 0) is 25.3 Å². The molecular weight excluding hydrogens is 348 g/mol. The third-order valence-corrected chi connectivity index (χ3v) is 5.17. The van der Waals surface area contributed by atoms with Crippen molar-refractivity contribution < 1.29 is 9.32 Å². The molecular formula is C17H20N8O2. The van der Waals surface area contributed by atoms with Crippen LogP contribution in [0.25, 0.3) is 11.6 Å². The molecule has 4 heterocycles. The number of aromatic amines is 1. The van der Waals surface area contributed by atoms with Gasteiger partial charge in [-0.3, -0.25) is 9.89 Å². The van der Waals surface area contributed by atoms with Gasteiger partial charge in [-0.1, -0.05) is 17.3 Å². The second-order valence-electron chi connectivity index (χ2n) is 7.13. The molecule has 5 rings (SSSR count). The van der Waals surface area contributed by atoms with Crippen molar-refractivity contribution in [2.45, 2.75) is 44.6 Å². The lowest BCUT2D eigenvalue weighted by Gasteiger charge is -2.14. The highest BCUT2D eigenvalue weighted by Crippen LogP contribution is 2.39. The maximum atomic E-state index is 12.7. The normalized spacial score (nSPS) is 19.7. The van der Waals surface area contributed by atoms with E-state index in [1.165, 1.54) is 12.8 Å². The molecule has 140 valence electrons. The molecule has 0 unspecified atom stereocenters. The first-order valence-corrected chi connectivity index (χ1v) is 9.30. The Kier molecular flexibility index (Phi) is 3.76. The number of carbonyl (C=O) groups excluding carboxylic acids is 1. The predicted molar refractivity (Wildman–Crippen MR) is 92.8 cm³/mol. The molecule has 10 nitrogen and oxygen atoms in total. The van der Waals surface area contributed by atoms with Crippen LogP contribution in [0.15, 0.2) is 16.8 Å². The van der Waals surface area contributed by atoms with Gasteiger partial charge in [-0.2, -0.15) is 10.1 Å². The molecule has 1 N–H and O–H groups in total. The van der Waals surface area contributed by atoms with Gasteiger partial charge in [0.25, 0.3) is 11.8 Å². The fourth-order valence-corrected chi connectivity index (χ4v) is 3.41. The number of amides is 1. The average molecular weight is 368 g/mol. The third-order valence-electron chi connectivity index (χ3n) is 5.17. The van der Waals surface area contributed by atoms with E-state index < -0.39 is 0 Å². The zero-order valence-corrected chi connectivity index (χ0v) is 15.0. The van der Waals surface area contributed by atoms with Crippen molar-refractivity contribution in [2.75, 3.05) is 13.1 Å². The van der Waals surface area contributed by atoms with E-state index in [1.54, 1.807) is 10.9 Å². The summed E-state index contributed by atoms with van der Waals surface area (Å²) in [6.07, 6.45) is 5.67. The van der Waals surface area contributed by atoms with Crippen LogP contribution in [0.1, 0.15) is 60.2 Å². The van der Waals surface area contributed by atoms with Crippen molar-refractivity contribution in [3.8, 4) is 11.6 Å². The number of hydrogen-bond donors (Lipinski definition) is 1. The van der Waals surface area contributed by atoms with Crippen molar-refractivity contribution in [2.24, 2.45) is 0 Å². The average Bonchev–Trinajstić information content (AvgIpc) is 3.21. The molecule has 2 fully saturated rings. The van der Waals surface area contributed by atoms with E-state index >= 15 is 0 Å². The molecule has 1 saturated heterocycles. The van der Waals surface area contributed by atoms with E-state index in [2.05, 4.69) is 30.7 Å². The Balaban J connectivity index is 1.27. The number of hydrogen-bond acceptors (Lipinski definition) is 7. The number of aryl methyl sites for hydroxylation is 1. The van der Waals surface area contributed by atoms with E-state index in [4.69, 9.17) is 4.52 Å². The molecule has 1 aliphatic carbocycles. The molecule has 1 saturated carbocycles. The molecule has 0 aromatic carbocycles. The number of carbonyl (C=O) groups is 1. The molecule has 3 aromatic rings. The summed E-state index contributed by atoms with van der Waals surface area (Å²) in [5, 5.41) is 19.4. The predicted octanol–water partition coefficient (Wildman–Crippen LogP) is 1.58. The van der Waals surface area contributed by atoms with E-state index in [9.17, 15) is 4.79 Å². The van der Waals surface area contributed by atoms with Crippen molar-refractivity contribution in [1.82, 2.24) is 40.2 Å². The number of aromatic nitrogens is 7. The van der Waals surface area contributed by atoms with Gasteiger partial charge in [0, 0.05) is 31.1 Å². The zero-order valence-electron chi connectivity index (χ0n) is 15.0. The fourth-order valence-electron chi connectivity index (χ4n) is 3.41. The second kappa shape index (κ2) is 6.29. The summed E-state index contributed by atoms with van der Waals surface area (Å²) in [7, 11) is 0. The smallest absolute Gasteiger partial charge is 0.280 e. The van der Waals surface area contributed by atoms with Crippen LogP contribution in [-0.2, 0) is 6.42 Å². The topological polar surface area (TPSA) is 119 Å². The van der Waals surface area contributed by atoms with Gasteiger partial charge in [-0.25, -0.2) is 4.68 Å². The Hall–Kier alpha value is -3.04. The Labute approximate surface area is 154 Å². The third kappa shape index (κ3) is 3.00.